The fraction of sp³-hybridized carbons (Fsp3) is 0. The summed E-state index contributed by atoms with van der Waals surface area (Å²) in [7, 11) is 0. The number of aromatic nitrogens is 3. The highest BCUT2D eigenvalue weighted by atomic mass is 32.1. The van der Waals surface area contributed by atoms with Gasteiger partial charge in [-0.25, -0.2) is 9.97 Å². The van der Waals surface area contributed by atoms with E-state index in [4.69, 9.17) is 14.4 Å². The van der Waals surface area contributed by atoms with Crippen LogP contribution in [0.4, 0.5) is 0 Å². The molecular formula is C52H31N3OS. The highest BCUT2D eigenvalue weighted by Gasteiger charge is 2.21. The van der Waals surface area contributed by atoms with Crippen LogP contribution in [0.2, 0.25) is 0 Å². The first-order valence-electron chi connectivity index (χ1n) is 19.2. The number of rotatable bonds is 5. The summed E-state index contributed by atoms with van der Waals surface area (Å²) in [6.45, 7) is 0. The van der Waals surface area contributed by atoms with Crippen LogP contribution in [-0.2, 0) is 0 Å². The van der Waals surface area contributed by atoms with Crippen molar-refractivity contribution in [3.05, 3.63) is 188 Å². The van der Waals surface area contributed by atoms with Gasteiger partial charge in [0.05, 0.1) is 22.4 Å². The van der Waals surface area contributed by atoms with Crippen LogP contribution < -0.4 is 0 Å². The molecule has 266 valence electrons. The lowest BCUT2D eigenvalue weighted by atomic mass is 9.99. The molecule has 0 spiro atoms. The van der Waals surface area contributed by atoms with Crippen LogP contribution in [0.3, 0.4) is 0 Å². The quantitative estimate of drug-likeness (QED) is 0.176. The zero-order valence-corrected chi connectivity index (χ0v) is 31.4. The molecule has 0 aliphatic rings. The second-order valence-electron chi connectivity index (χ2n) is 14.5. The normalized spacial score (nSPS) is 11.9. The summed E-state index contributed by atoms with van der Waals surface area (Å²) in [5.74, 6) is 0.665. The molecular weight excluding hydrogens is 715 g/mol. The van der Waals surface area contributed by atoms with E-state index in [1.54, 1.807) is 0 Å². The lowest BCUT2D eigenvalue weighted by Gasteiger charge is -2.11. The summed E-state index contributed by atoms with van der Waals surface area (Å²) in [5.41, 5.74) is 12.2. The Morgan fingerprint density at radius 1 is 0.421 bits per heavy atom. The molecule has 4 nitrogen and oxygen atoms in total. The number of furan rings is 1. The minimum atomic E-state index is 0.665. The summed E-state index contributed by atoms with van der Waals surface area (Å²) in [6, 6.07) is 66.4. The Kier molecular flexibility index (Phi) is 7.06. The third-order valence-corrected chi connectivity index (χ3v) is 12.5. The van der Waals surface area contributed by atoms with E-state index < -0.39 is 0 Å². The lowest BCUT2D eigenvalue weighted by Crippen LogP contribution is -1.96. The van der Waals surface area contributed by atoms with Gasteiger partial charge < -0.3 is 8.98 Å². The molecule has 0 N–H and O–H groups in total. The molecule has 0 bridgehead atoms. The molecule has 0 aliphatic carbocycles. The van der Waals surface area contributed by atoms with Gasteiger partial charge in [0.15, 0.2) is 5.82 Å². The average Bonchev–Trinajstić information content (AvgIpc) is 3.96. The van der Waals surface area contributed by atoms with E-state index >= 15 is 0 Å². The van der Waals surface area contributed by atoms with E-state index in [-0.39, 0.29) is 0 Å². The van der Waals surface area contributed by atoms with Crippen LogP contribution in [0.5, 0.6) is 0 Å². The molecule has 4 heterocycles. The maximum atomic E-state index is 6.72. The van der Waals surface area contributed by atoms with Gasteiger partial charge in [-0.15, -0.1) is 11.3 Å². The molecule has 5 heteroatoms. The van der Waals surface area contributed by atoms with Crippen molar-refractivity contribution in [1.29, 1.82) is 0 Å². The minimum absolute atomic E-state index is 0.665. The van der Waals surface area contributed by atoms with Crippen LogP contribution in [0.15, 0.2) is 192 Å². The Bertz CT molecular complexity index is 3520. The molecule has 57 heavy (non-hydrogen) atoms. The maximum absolute atomic E-state index is 6.72. The number of benzene rings is 8. The monoisotopic (exact) mass is 745 g/mol. The molecule has 0 unspecified atom stereocenters. The molecule has 0 atom stereocenters. The predicted molar refractivity (Wildman–Crippen MR) is 238 cm³/mol. The van der Waals surface area contributed by atoms with Gasteiger partial charge in [0.2, 0.25) is 0 Å². The standard InChI is InChI=1S/C52H31N3OS/c1-3-14-32(15-4-1)35-20-12-25-45-49(35)39-19-7-9-24-44(39)55(45)34-28-29-40-47(30-34)56-46-26-13-23-41(50(40)46)52-53-42(33-16-5-2-6-17-33)31-43(54-52)38-22-11-21-37-36-18-8-10-27-48(36)57-51(37)38/h1-31H. The highest BCUT2D eigenvalue weighted by Crippen LogP contribution is 2.43. The van der Waals surface area contributed by atoms with Gasteiger partial charge in [-0.3, -0.25) is 0 Å². The fourth-order valence-corrected chi connectivity index (χ4v) is 9.93. The molecule has 0 fully saturated rings. The topological polar surface area (TPSA) is 43.9 Å². The fourth-order valence-electron chi connectivity index (χ4n) is 8.71. The smallest absolute Gasteiger partial charge is 0.161 e. The van der Waals surface area contributed by atoms with Crippen molar-refractivity contribution in [2.45, 2.75) is 0 Å². The number of hydrogen-bond donors (Lipinski definition) is 0. The van der Waals surface area contributed by atoms with Crippen LogP contribution in [0, 0.1) is 0 Å². The molecule has 0 saturated heterocycles. The molecule has 12 aromatic rings. The van der Waals surface area contributed by atoms with E-state index in [1.165, 1.54) is 42.1 Å². The van der Waals surface area contributed by atoms with E-state index in [1.807, 2.05) is 29.5 Å². The van der Waals surface area contributed by atoms with Gasteiger partial charge >= 0.3 is 0 Å². The number of thiophene rings is 1. The lowest BCUT2D eigenvalue weighted by molar-refractivity contribution is 0.668. The second-order valence-corrected chi connectivity index (χ2v) is 15.5. The third kappa shape index (κ3) is 4.99. The van der Waals surface area contributed by atoms with Crippen LogP contribution in [0.25, 0.3) is 115 Å². The number of para-hydroxylation sites is 1. The summed E-state index contributed by atoms with van der Waals surface area (Å²) < 4.78 is 11.6. The van der Waals surface area contributed by atoms with Crippen LogP contribution in [0.1, 0.15) is 0 Å². The molecule has 12 rings (SSSR count). The Hall–Kier alpha value is -7.34. The molecule has 0 aliphatic heterocycles. The molecule has 4 aromatic heterocycles. The van der Waals surface area contributed by atoms with E-state index in [2.05, 4.69) is 174 Å². The summed E-state index contributed by atoms with van der Waals surface area (Å²) in [5, 5.41) is 7.00. The number of hydrogen-bond acceptors (Lipinski definition) is 4. The second kappa shape index (κ2) is 12.6. The van der Waals surface area contributed by atoms with E-state index in [9.17, 15) is 0 Å². The summed E-state index contributed by atoms with van der Waals surface area (Å²) in [4.78, 5) is 10.6. The Morgan fingerprint density at radius 3 is 1.96 bits per heavy atom. The van der Waals surface area contributed by atoms with E-state index in [0.717, 1.165) is 66.7 Å². The summed E-state index contributed by atoms with van der Waals surface area (Å²) in [6.07, 6.45) is 0. The van der Waals surface area contributed by atoms with Crippen LogP contribution >= 0.6 is 11.3 Å². The maximum Gasteiger partial charge on any atom is 0.161 e. The van der Waals surface area contributed by atoms with E-state index in [0.29, 0.717) is 5.82 Å². The van der Waals surface area contributed by atoms with Crippen molar-refractivity contribution in [2.24, 2.45) is 0 Å². The van der Waals surface area contributed by atoms with Gasteiger partial charge in [-0.1, -0.05) is 140 Å². The summed E-state index contributed by atoms with van der Waals surface area (Å²) >= 11 is 1.82. The van der Waals surface area contributed by atoms with Crippen molar-refractivity contribution in [3.63, 3.8) is 0 Å². The minimum Gasteiger partial charge on any atom is -0.456 e. The van der Waals surface area contributed by atoms with Gasteiger partial charge in [0.25, 0.3) is 0 Å². The van der Waals surface area contributed by atoms with Crippen molar-refractivity contribution in [1.82, 2.24) is 14.5 Å². The Balaban J connectivity index is 1.06. The van der Waals surface area contributed by atoms with Crippen molar-refractivity contribution in [3.8, 4) is 50.7 Å². The first kappa shape index (κ1) is 32.0. The van der Waals surface area contributed by atoms with Gasteiger partial charge in [0.1, 0.15) is 11.2 Å². The SMILES string of the molecule is c1ccc(-c2cc(-c3cccc4c3sc3ccccc34)nc(-c3cccc4oc5cc(-n6c7ccccc7c7c(-c8ccccc8)cccc76)ccc5c34)n2)cc1. The number of nitrogens with zero attached hydrogens (tertiary/aromatic N) is 3. The van der Waals surface area contributed by atoms with Gasteiger partial charge in [0, 0.05) is 70.2 Å². The highest BCUT2D eigenvalue weighted by molar-refractivity contribution is 7.26. The van der Waals surface area contributed by atoms with Gasteiger partial charge in [-0.05, 0) is 53.6 Å². The largest absolute Gasteiger partial charge is 0.456 e. The van der Waals surface area contributed by atoms with Crippen molar-refractivity contribution in [2.75, 3.05) is 0 Å². The molecule has 0 amide bonds. The third-order valence-electron chi connectivity index (χ3n) is 11.2. The Labute approximate surface area is 331 Å². The van der Waals surface area contributed by atoms with Gasteiger partial charge in [-0.2, -0.15) is 0 Å². The van der Waals surface area contributed by atoms with Crippen LogP contribution in [-0.4, -0.2) is 14.5 Å². The zero-order chi connectivity index (χ0) is 37.5. The first-order valence-corrected chi connectivity index (χ1v) is 20.0. The Morgan fingerprint density at radius 2 is 1.09 bits per heavy atom. The molecule has 0 saturated carbocycles. The van der Waals surface area contributed by atoms with Crippen molar-refractivity contribution < 1.29 is 4.42 Å². The van der Waals surface area contributed by atoms with Crippen molar-refractivity contribution >= 4 is 75.3 Å². The predicted octanol–water partition coefficient (Wildman–Crippen LogP) is 14.5. The zero-order valence-electron chi connectivity index (χ0n) is 30.6. The average molecular weight is 746 g/mol. The number of fused-ring (bicyclic) bond motifs is 9. The molecule has 8 aromatic carbocycles. The first-order chi connectivity index (χ1) is 28.3. The molecule has 0 radical (unpaired) electrons.